The molecule has 1 aromatic heterocycles. The number of halogens is 3. The molecule has 1 atom stereocenters. The molecule has 1 heterocycles. The van der Waals surface area contributed by atoms with Crippen molar-refractivity contribution in [2.45, 2.75) is 39.2 Å². The van der Waals surface area contributed by atoms with E-state index in [-0.39, 0.29) is 18.1 Å². The Kier molecular flexibility index (Phi) is 6.80. The van der Waals surface area contributed by atoms with Gasteiger partial charge in [-0.05, 0) is 61.4 Å². The van der Waals surface area contributed by atoms with E-state index in [1.807, 2.05) is 0 Å². The van der Waals surface area contributed by atoms with Crippen LogP contribution in [0.2, 0.25) is 0 Å². The Balaban J connectivity index is 1.74. The molecule has 3 rings (SSSR count). The first kappa shape index (κ1) is 23.9. The van der Waals surface area contributed by atoms with Gasteiger partial charge < -0.3 is 14.6 Å². The molecule has 0 bridgehead atoms. The van der Waals surface area contributed by atoms with Gasteiger partial charge in [-0.15, -0.1) is 5.10 Å². The van der Waals surface area contributed by atoms with Crippen LogP contribution < -0.4 is 15.2 Å². The number of aryl methyl sites for hydroxylation is 1. The van der Waals surface area contributed by atoms with E-state index in [0.29, 0.717) is 23.5 Å². The van der Waals surface area contributed by atoms with Crippen LogP contribution in [0.5, 0.6) is 11.5 Å². The van der Waals surface area contributed by atoms with Crippen LogP contribution in [0.3, 0.4) is 0 Å². The molecule has 0 aliphatic rings. The average molecular weight is 465 g/mol. The molecule has 8 nitrogen and oxygen atoms in total. The topological polar surface area (TPSA) is 95.6 Å². The fourth-order valence-corrected chi connectivity index (χ4v) is 3.02. The number of ether oxygens (including phenoxy) is 2. The number of carbonyl (C=O) groups is 1. The molecule has 0 aliphatic carbocycles. The molecule has 1 N–H and O–H groups in total. The fourth-order valence-electron chi connectivity index (χ4n) is 3.02. The van der Waals surface area contributed by atoms with Crippen LogP contribution in [0.25, 0.3) is 5.69 Å². The largest absolute Gasteiger partial charge is 0.486 e. The molecular weight excluding hydrogens is 443 g/mol. The quantitative estimate of drug-likeness (QED) is 0.545. The first-order valence-electron chi connectivity index (χ1n) is 9.96. The second-order valence-electron chi connectivity index (χ2n) is 7.28. The number of alkyl halides is 3. The van der Waals surface area contributed by atoms with Gasteiger partial charge in [0.2, 0.25) is 0 Å². The highest BCUT2D eigenvalue weighted by Crippen LogP contribution is 2.29. The summed E-state index contributed by atoms with van der Waals surface area (Å²) in [7, 11) is 1.48. The minimum absolute atomic E-state index is 0.0776. The summed E-state index contributed by atoms with van der Waals surface area (Å²) in [5.41, 5.74) is -0.504. The van der Waals surface area contributed by atoms with Crippen molar-refractivity contribution in [3.63, 3.8) is 0 Å². The van der Waals surface area contributed by atoms with Gasteiger partial charge in [0.05, 0.1) is 11.3 Å². The molecule has 33 heavy (non-hydrogen) atoms. The lowest BCUT2D eigenvalue weighted by molar-refractivity contribution is -0.145. The molecule has 3 aromatic rings. The average Bonchev–Trinajstić information content (AvgIpc) is 3.05. The first-order valence-corrected chi connectivity index (χ1v) is 9.96. The second-order valence-corrected chi connectivity index (χ2v) is 7.28. The van der Waals surface area contributed by atoms with Crippen molar-refractivity contribution in [2.75, 3.05) is 0 Å². The summed E-state index contributed by atoms with van der Waals surface area (Å²) in [5.74, 6) is 0.0620. The summed E-state index contributed by atoms with van der Waals surface area (Å²) in [5, 5.41) is 13.3. The smallest absolute Gasteiger partial charge is 0.416 e. The Morgan fingerprint density at radius 3 is 2.39 bits per heavy atom. The van der Waals surface area contributed by atoms with Gasteiger partial charge in [0.15, 0.2) is 11.9 Å². The highest BCUT2D eigenvalue weighted by molar-refractivity contribution is 5.72. The Labute approximate surface area is 186 Å². The number of carboxylic acid groups (broad SMARTS) is 1. The second kappa shape index (κ2) is 9.39. The molecule has 0 spiro atoms. The van der Waals surface area contributed by atoms with Gasteiger partial charge in [-0.2, -0.15) is 17.9 Å². The molecule has 1 unspecified atom stereocenters. The van der Waals surface area contributed by atoms with Crippen molar-refractivity contribution in [2.24, 2.45) is 7.05 Å². The lowest BCUT2D eigenvalue weighted by Gasteiger charge is -2.16. The predicted molar refractivity (Wildman–Crippen MR) is 112 cm³/mol. The van der Waals surface area contributed by atoms with Gasteiger partial charge in [-0.3, -0.25) is 4.57 Å². The molecule has 0 radical (unpaired) electrons. The number of hydrogen-bond acceptors (Lipinski definition) is 5. The molecule has 0 saturated carbocycles. The third kappa shape index (κ3) is 5.36. The van der Waals surface area contributed by atoms with Crippen LogP contribution in [0, 0.1) is 6.92 Å². The summed E-state index contributed by atoms with van der Waals surface area (Å²) >= 11 is 0. The highest BCUT2D eigenvalue weighted by atomic mass is 19.4. The highest BCUT2D eigenvalue weighted by Gasteiger charge is 2.30. The van der Waals surface area contributed by atoms with E-state index in [4.69, 9.17) is 14.6 Å². The van der Waals surface area contributed by atoms with Crippen molar-refractivity contribution in [1.29, 1.82) is 0 Å². The van der Waals surface area contributed by atoms with Gasteiger partial charge in [-0.1, -0.05) is 6.92 Å². The lowest BCUT2D eigenvalue weighted by Crippen LogP contribution is -2.26. The Bertz CT molecular complexity index is 1200. The number of aliphatic carboxylic acids is 1. The molecule has 0 amide bonds. The van der Waals surface area contributed by atoms with E-state index >= 15 is 0 Å². The first-order chi connectivity index (χ1) is 15.5. The summed E-state index contributed by atoms with van der Waals surface area (Å²) in [6.07, 6.45) is -5.13. The monoisotopic (exact) mass is 465 g/mol. The minimum Gasteiger partial charge on any atom is -0.486 e. The fraction of sp³-hybridized carbons (Fsp3) is 0.318. The van der Waals surface area contributed by atoms with E-state index in [1.54, 1.807) is 32.0 Å². The lowest BCUT2D eigenvalue weighted by atomic mass is 10.2. The van der Waals surface area contributed by atoms with Crippen molar-refractivity contribution < 1.29 is 32.5 Å². The predicted octanol–water partition coefficient (Wildman–Crippen LogP) is 3.72. The summed E-state index contributed by atoms with van der Waals surface area (Å²) in [6.45, 7) is 3.37. The van der Waals surface area contributed by atoms with Crippen molar-refractivity contribution in [3.05, 3.63) is 69.9 Å². The van der Waals surface area contributed by atoms with Gasteiger partial charge >= 0.3 is 17.8 Å². The number of rotatable bonds is 8. The third-order valence-electron chi connectivity index (χ3n) is 4.94. The maximum atomic E-state index is 12.8. The van der Waals surface area contributed by atoms with E-state index in [1.165, 1.54) is 23.7 Å². The number of benzene rings is 2. The van der Waals surface area contributed by atoms with Gasteiger partial charge in [-0.25, -0.2) is 9.59 Å². The van der Waals surface area contributed by atoms with Crippen LogP contribution in [-0.4, -0.2) is 31.5 Å². The maximum absolute atomic E-state index is 12.8. The van der Waals surface area contributed by atoms with E-state index in [9.17, 15) is 22.8 Å². The van der Waals surface area contributed by atoms with Gasteiger partial charge in [0.25, 0.3) is 0 Å². The Morgan fingerprint density at radius 2 is 1.85 bits per heavy atom. The normalized spacial score (nSPS) is 12.4. The summed E-state index contributed by atoms with van der Waals surface area (Å²) in [6, 6.07) is 8.96. The number of nitrogens with zero attached hydrogens (tertiary/aromatic N) is 3. The van der Waals surface area contributed by atoms with E-state index in [0.717, 1.165) is 16.8 Å². The molecule has 11 heteroatoms. The van der Waals surface area contributed by atoms with Gasteiger partial charge in [0, 0.05) is 7.05 Å². The third-order valence-corrected chi connectivity index (χ3v) is 4.94. The Hall–Kier alpha value is -3.76. The van der Waals surface area contributed by atoms with Crippen LogP contribution in [0.1, 0.15) is 30.3 Å². The van der Waals surface area contributed by atoms with Crippen LogP contribution in [0.4, 0.5) is 13.2 Å². The van der Waals surface area contributed by atoms with Crippen molar-refractivity contribution in [1.82, 2.24) is 14.3 Å². The Morgan fingerprint density at radius 1 is 1.18 bits per heavy atom. The molecule has 0 fully saturated rings. The molecule has 2 aromatic carbocycles. The number of aromatic nitrogens is 3. The zero-order valence-corrected chi connectivity index (χ0v) is 18.1. The molecule has 0 aliphatic heterocycles. The SMILES string of the molecule is CCC(Oc1ccc(OCc2nn(-c3ccc(C(F)(F)F)cc3)c(=O)n2C)cc1C)C(=O)O. The van der Waals surface area contributed by atoms with Crippen LogP contribution >= 0.6 is 0 Å². The zero-order chi connectivity index (χ0) is 24.3. The van der Waals surface area contributed by atoms with Gasteiger partial charge in [0.1, 0.15) is 18.1 Å². The van der Waals surface area contributed by atoms with Crippen molar-refractivity contribution >= 4 is 5.97 Å². The summed E-state index contributed by atoms with van der Waals surface area (Å²) < 4.78 is 51.7. The van der Waals surface area contributed by atoms with E-state index < -0.39 is 29.5 Å². The summed E-state index contributed by atoms with van der Waals surface area (Å²) in [4.78, 5) is 23.6. The van der Waals surface area contributed by atoms with Crippen LogP contribution in [-0.2, 0) is 24.6 Å². The standard InChI is InChI=1S/C22H22F3N3O5/c1-4-17(20(29)30)33-18-10-9-16(11-13(18)2)32-12-19-26-28(21(31)27(19)3)15-7-5-14(6-8-15)22(23,24)25/h5-11,17H,4,12H2,1-3H3,(H,29,30). The number of hydrogen-bond donors (Lipinski definition) is 1. The molecule has 0 saturated heterocycles. The molecule has 176 valence electrons. The van der Waals surface area contributed by atoms with Crippen molar-refractivity contribution in [3.8, 4) is 17.2 Å². The van der Waals surface area contributed by atoms with Crippen LogP contribution in [0.15, 0.2) is 47.3 Å². The zero-order valence-electron chi connectivity index (χ0n) is 18.1. The minimum atomic E-state index is -4.48. The maximum Gasteiger partial charge on any atom is 0.416 e. The van der Waals surface area contributed by atoms with E-state index in [2.05, 4.69) is 5.10 Å². The molecular formula is C22H22F3N3O5. The number of carboxylic acids is 1.